The number of ether oxygens (including phenoxy) is 4. The van der Waals surface area contributed by atoms with Gasteiger partial charge in [-0.05, 0) is 28.3 Å². The van der Waals surface area contributed by atoms with Gasteiger partial charge in [-0.3, -0.25) is 19.3 Å². The van der Waals surface area contributed by atoms with Crippen LogP contribution in [0.15, 0.2) is 58.4 Å². The lowest BCUT2D eigenvalue weighted by Gasteiger charge is -2.50. The first-order valence-electron chi connectivity index (χ1n) is 12.2. The third kappa shape index (κ3) is 3.28. The summed E-state index contributed by atoms with van der Waals surface area (Å²) in [5, 5.41) is 2.11. The summed E-state index contributed by atoms with van der Waals surface area (Å²) in [5.41, 5.74) is 5.62. The van der Waals surface area contributed by atoms with Crippen LogP contribution in [0, 0.1) is 0 Å². The maximum absolute atomic E-state index is 13.8. The summed E-state index contributed by atoms with van der Waals surface area (Å²) in [7, 11) is 1.17. The highest BCUT2D eigenvalue weighted by Gasteiger charge is 2.48. The number of hydrogen-bond donors (Lipinski definition) is 0. The van der Waals surface area contributed by atoms with E-state index in [1.807, 2.05) is 11.8 Å². The molecule has 38 heavy (non-hydrogen) atoms. The molecule has 0 bridgehead atoms. The van der Waals surface area contributed by atoms with Crippen molar-refractivity contribution in [3.8, 4) is 16.9 Å². The quantitative estimate of drug-likeness (QED) is 0.370. The lowest BCUT2D eigenvalue weighted by molar-refractivity contribution is -0.0207. The molecule has 0 spiro atoms. The van der Waals surface area contributed by atoms with Crippen molar-refractivity contribution in [1.29, 1.82) is 0 Å². The molecule has 1 aliphatic carbocycles. The molecule has 0 radical (unpaired) electrons. The van der Waals surface area contributed by atoms with Gasteiger partial charge in [0.15, 0.2) is 5.69 Å². The SMILES string of the molecule is COC(=O)OCOc1c2n(ccc1=O)N([C@@H]1c3cccc4c3-c3c(cccc31)SC4)C1COCCN1C2=O. The molecule has 1 amide bonds. The minimum Gasteiger partial charge on any atom is -0.451 e. The molecule has 3 aromatic rings. The summed E-state index contributed by atoms with van der Waals surface area (Å²) in [4.78, 5) is 41.2. The number of morpholine rings is 1. The van der Waals surface area contributed by atoms with Gasteiger partial charge >= 0.3 is 6.16 Å². The van der Waals surface area contributed by atoms with Crippen LogP contribution in [0.2, 0.25) is 0 Å². The average molecular weight is 534 g/mol. The number of rotatable bonds is 4. The van der Waals surface area contributed by atoms with E-state index in [2.05, 4.69) is 46.1 Å². The smallest absolute Gasteiger partial charge is 0.451 e. The van der Waals surface area contributed by atoms with Crippen LogP contribution in [-0.4, -0.2) is 61.5 Å². The number of fused-ring (bicyclic) bond motifs is 2. The van der Waals surface area contributed by atoms with Crippen LogP contribution in [0.5, 0.6) is 5.75 Å². The van der Waals surface area contributed by atoms with E-state index in [0.717, 1.165) is 16.9 Å². The van der Waals surface area contributed by atoms with Gasteiger partial charge in [0.25, 0.3) is 5.91 Å². The molecule has 10 nitrogen and oxygen atoms in total. The molecule has 4 heterocycles. The van der Waals surface area contributed by atoms with Gasteiger partial charge in [0.1, 0.15) is 6.17 Å². The van der Waals surface area contributed by atoms with E-state index in [1.54, 1.807) is 15.8 Å². The van der Waals surface area contributed by atoms with Crippen molar-refractivity contribution in [3.05, 3.63) is 81.3 Å². The fourth-order valence-electron chi connectivity index (χ4n) is 5.90. The highest BCUT2D eigenvalue weighted by molar-refractivity contribution is 7.98. The number of benzene rings is 2. The van der Waals surface area contributed by atoms with Crippen molar-refractivity contribution in [2.24, 2.45) is 0 Å². The monoisotopic (exact) mass is 533 g/mol. The minimum atomic E-state index is -0.953. The van der Waals surface area contributed by atoms with Gasteiger partial charge in [0, 0.05) is 35.0 Å². The molecule has 0 N–H and O–H groups in total. The standard InChI is InChI=1S/C27H23N3O7S/c1-34-27(33)37-14-36-25-18(31)8-9-29-24(25)26(32)28-10-11-35-12-20(28)30(29)23-16-5-2-4-15-13-38-19-7-3-6-17(23)22(19)21(15)16/h2-9,20,23H,10-14H2,1H3/t20?,23-/m1/s1. The van der Waals surface area contributed by atoms with Crippen molar-refractivity contribution in [2.75, 3.05) is 38.7 Å². The van der Waals surface area contributed by atoms with Crippen LogP contribution in [-0.2, 0) is 20.0 Å². The summed E-state index contributed by atoms with van der Waals surface area (Å²) < 4.78 is 22.5. The lowest BCUT2D eigenvalue weighted by atomic mass is 9.99. The molecule has 4 aliphatic rings. The molecule has 1 unspecified atom stereocenters. The van der Waals surface area contributed by atoms with Crippen molar-refractivity contribution in [2.45, 2.75) is 22.9 Å². The molecule has 1 fully saturated rings. The Morgan fingerprint density at radius 2 is 1.92 bits per heavy atom. The Hall–Kier alpha value is -3.96. The number of carbonyl (C=O) groups is 2. The van der Waals surface area contributed by atoms with E-state index in [-0.39, 0.29) is 23.4 Å². The van der Waals surface area contributed by atoms with Crippen LogP contribution in [0.1, 0.15) is 33.2 Å². The van der Waals surface area contributed by atoms with Crippen LogP contribution < -0.4 is 15.2 Å². The van der Waals surface area contributed by atoms with Crippen molar-refractivity contribution in [1.82, 2.24) is 9.58 Å². The second-order valence-electron chi connectivity index (χ2n) is 9.29. The molecule has 2 atom stereocenters. The number of amides is 1. The second-order valence-corrected chi connectivity index (χ2v) is 10.3. The van der Waals surface area contributed by atoms with Gasteiger partial charge in [-0.2, -0.15) is 0 Å². The Balaban J connectivity index is 1.42. The molecule has 1 saturated heterocycles. The Kier molecular flexibility index (Phi) is 5.38. The average Bonchev–Trinajstić information content (AvgIpc) is 3.29. The second kappa shape index (κ2) is 8.81. The Labute approximate surface area is 221 Å². The molecule has 11 heteroatoms. The van der Waals surface area contributed by atoms with Crippen molar-refractivity contribution in [3.63, 3.8) is 0 Å². The third-order valence-electron chi connectivity index (χ3n) is 7.43. The van der Waals surface area contributed by atoms with Crippen LogP contribution >= 0.6 is 11.8 Å². The van der Waals surface area contributed by atoms with Gasteiger partial charge in [0.05, 0.1) is 26.4 Å². The highest BCUT2D eigenvalue weighted by atomic mass is 32.2. The molecule has 1 aromatic heterocycles. The fourth-order valence-corrected chi connectivity index (χ4v) is 6.99. The largest absolute Gasteiger partial charge is 0.510 e. The summed E-state index contributed by atoms with van der Waals surface area (Å²) in [6, 6.07) is 13.9. The van der Waals surface area contributed by atoms with Crippen molar-refractivity contribution < 1.29 is 28.5 Å². The summed E-state index contributed by atoms with van der Waals surface area (Å²) >= 11 is 1.83. The number of carbonyl (C=O) groups excluding carboxylic acids is 2. The fraction of sp³-hybridized carbons (Fsp3) is 0.296. The van der Waals surface area contributed by atoms with E-state index >= 15 is 0 Å². The molecular formula is C27H23N3O7S. The molecule has 2 aromatic carbocycles. The number of aromatic nitrogens is 1. The molecular weight excluding hydrogens is 510 g/mol. The first-order valence-corrected chi connectivity index (χ1v) is 13.2. The maximum Gasteiger partial charge on any atom is 0.510 e. The molecule has 194 valence electrons. The first kappa shape index (κ1) is 23.2. The lowest BCUT2D eigenvalue weighted by Crippen LogP contribution is -2.66. The highest BCUT2D eigenvalue weighted by Crippen LogP contribution is 2.55. The number of hydrogen-bond acceptors (Lipinski definition) is 9. The Morgan fingerprint density at radius 3 is 2.76 bits per heavy atom. The van der Waals surface area contributed by atoms with Crippen molar-refractivity contribution >= 4 is 23.8 Å². The number of thioether (sulfide) groups is 1. The number of methoxy groups -OCH3 is 1. The van der Waals surface area contributed by atoms with Crippen LogP contribution in [0.3, 0.4) is 0 Å². The summed E-state index contributed by atoms with van der Waals surface area (Å²) in [6.45, 7) is 0.493. The zero-order valence-electron chi connectivity index (χ0n) is 20.4. The number of nitrogens with zero attached hydrogens (tertiary/aromatic N) is 3. The first-order chi connectivity index (χ1) is 18.6. The van der Waals surface area contributed by atoms with Gasteiger partial charge in [-0.1, -0.05) is 30.3 Å². The molecule has 3 aliphatic heterocycles. The topological polar surface area (TPSA) is 99.5 Å². The predicted molar refractivity (Wildman–Crippen MR) is 137 cm³/mol. The van der Waals surface area contributed by atoms with Crippen LogP contribution in [0.4, 0.5) is 4.79 Å². The minimum absolute atomic E-state index is 0.0793. The van der Waals surface area contributed by atoms with E-state index in [9.17, 15) is 14.4 Å². The van der Waals surface area contributed by atoms with E-state index < -0.39 is 24.5 Å². The zero-order chi connectivity index (χ0) is 26.0. The van der Waals surface area contributed by atoms with Gasteiger partial charge in [-0.15, -0.1) is 11.8 Å². The molecule has 7 rings (SSSR count). The summed E-state index contributed by atoms with van der Waals surface area (Å²) in [5.74, 6) is 0.364. The third-order valence-corrected chi connectivity index (χ3v) is 8.54. The molecule has 0 saturated carbocycles. The summed E-state index contributed by atoms with van der Waals surface area (Å²) in [6.07, 6.45) is 0.246. The normalized spacial score (nSPS) is 20.4. The van der Waals surface area contributed by atoms with Gasteiger partial charge in [0.2, 0.25) is 18.0 Å². The van der Waals surface area contributed by atoms with E-state index in [4.69, 9.17) is 14.2 Å². The van der Waals surface area contributed by atoms with E-state index in [0.29, 0.717) is 19.8 Å². The van der Waals surface area contributed by atoms with Gasteiger partial charge in [-0.25, -0.2) is 4.79 Å². The Morgan fingerprint density at radius 1 is 1.11 bits per heavy atom. The van der Waals surface area contributed by atoms with E-state index in [1.165, 1.54) is 34.8 Å². The predicted octanol–water partition coefficient (Wildman–Crippen LogP) is 3.09. The van der Waals surface area contributed by atoms with Crippen LogP contribution in [0.25, 0.3) is 11.1 Å². The maximum atomic E-state index is 13.8. The zero-order valence-corrected chi connectivity index (χ0v) is 21.2. The number of pyridine rings is 1. The van der Waals surface area contributed by atoms with Gasteiger partial charge < -0.3 is 23.8 Å². The Bertz CT molecular complexity index is 1500.